The largest absolute Gasteiger partial charge is 0.478 e. The van der Waals surface area contributed by atoms with Gasteiger partial charge in [-0.1, -0.05) is 37.0 Å². The summed E-state index contributed by atoms with van der Waals surface area (Å²) in [7, 11) is 0. The molecule has 2 heterocycles. The van der Waals surface area contributed by atoms with Crippen molar-refractivity contribution in [2.24, 2.45) is 5.92 Å². The lowest BCUT2D eigenvalue weighted by Crippen LogP contribution is -2.59. The zero-order valence-electron chi connectivity index (χ0n) is 18.0. The van der Waals surface area contributed by atoms with Crippen molar-refractivity contribution in [3.63, 3.8) is 0 Å². The smallest absolute Gasteiger partial charge is 0.370 e. The van der Waals surface area contributed by atoms with Gasteiger partial charge in [-0.2, -0.15) is 10.4 Å². The van der Waals surface area contributed by atoms with Crippen molar-refractivity contribution in [3.8, 4) is 6.07 Å². The van der Waals surface area contributed by atoms with Crippen LogP contribution < -0.4 is 5.32 Å². The van der Waals surface area contributed by atoms with Gasteiger partial charge in [0.05, 0.1) is 23.7 Å². The highest BCUT2D eigenvalue weighted by Gasteiger charge is 2.45. The molecule has 0 fully saturated rings. The molecule has 1 aromatic heterocycles. The van der Waals surface area contributed by atoms with Crippen molar-refractivity contribution in [1.82, 2.24) is 15.1 Å². The van der Waals surface area contributed by atoms with Crippen LogP contribution in [-0.4, -0.2) is 73.0 Å². The lowest BCUT2D eigenvalue weighted by molar-refractivity contribution is -0.147. The third kappa shape index (κ3) is 4.82. The molecule has 5 N–H and O–H groups in total. The molecule has 0 aliphatic carbocycles. The first-order valence-electron chi connectivity index (χ1n) is 10.2. The van der Waals surface area contributed by atoms with E-state index >= 15 is 0 Å². The summed E-state index contributed by atoms with van der Waals surface area (Å²) in [6.45, 7) is 2.38. The third-order valence-corrected chi connectivity index (χ3v) is 5.88. The van der Waals surface area contributed by atoms with E-state index in [1.54, 1.807) is 13.8 Å². The Bertz CT molecular complexity index is 1190. The molecule has 1 amide bonds. The normalized spacial score (nSPS) is 22.0. The second-order valence-corrected chi connectivity index (χ2v) is 8.87. The van der Waals surface area contributed by atoms with Gasteiger partial charge < -0.3 is 30.5 Å². The van der Waals surface area contributed by atoms with Crippen LogP contribution in [0.25, 0.3) is 10.9 Å². The fourth-order valence-corrected chi connectivity index (χ4v) is 4.15. The predicted octanol–water partition coefficient (Wildman–Crippen LogP) is 0.978. The summed E-state index contributed by atoms with van der Waals surface area (Å²) in [5.74, 6) is -3.09. The molecule has 0 saturated heterocycles. The number of aliphatic hydroxyl groups excluding tert-OH is 3. The van der Waals surface area contributed by atoms with Crippen molar-refractivity contribution < 1.29 is 34.8 Å². The molecular formula is C21H22Cl2N4O7. The molecule has 11 nitrogen and oxygen atoms in total. The molecule has 1 aromatic carbocycles. The van der Waals surface area contributed by atoms with Crippen LogP contribution in [0, 0.1) is 17.2 Å². The average Bonchev–Trinajstić information content (AvgIpc) is 3.16. The highest BCUT2D eigenvalue weighted by atomic mass is 35.5. The number of benzene rings is 1. The average molecular weight is 513 g/mol. The molecule has 34 heavy (non-hydrogen) atoms. The van der Waals surface area contributed by atoms with Crippen molar-refractivity contribution in [2.45, 2.75) is 44.2 Å². The summed E-state index contributed by atoms with van der Waals surface area (Å²) >= 11 is 12.3. The minimum Gasteiger partial charge on any atom is -0.478 e. The minimum atomic E-state index is -1.80. The molecule has 0 bridgehead atoms. The molecule has 0 spiro atoms. The fourth-order valence-electron chi connectivity index (χ4n) is 3.62. The summed E-state index contributed by atoms with van der Waals surface area (Å²) in [6.07, 6.45) is -3.91. The summed E-state index contributed by atoms with van der Waals surface area (Å²) in [6, 6.07) is 2.52. The highest BCUT2D eigenvalue weighted by Crippen LogP contribution is 2.35. The van der Waals surface area contributed by atoms with E-state index in [9.17, 15) is 35.3 Å². The van der Waals surface area contributed by atoms with Gasteiger partial charge in [0.25, 0.3) is 0 Å². The number of rotatable bonds is 7. The van der Waals surface area contributed by atoms with Gasteiger partial charge >= 0.3 is 5.97 Å². The van der Waals surface area contributed by atoms with Gasteiger partial charge in [-0.3, -0.25) is 4.79 Å². The van der Waals surface area contributed by atoms with E-state index in [1.165, 1.54) is 12.1 Å². The Hall–Kier alpha value is -2.88. The Labute approximate surface area is 203 Å². The van der Waals surface area contributed by atoms with Gasteiger partial charge in [0, 0.05) is 16.3 Å². The van der Waals surface area contributed by atoms with E-state index in [-0.39, 0.29) is 26.6 Å². The number of carboxylic acid groups (broad SMARTS) is 1. The Morgan fingerprint density at radius 1 is 1.32 bits per heavy atom. The van der Waals surface area contributed by atoms with Crippen molar-refractivity contribution in [1.29, 1.82) is 5.26 Å². The molecule has 0 unspecified atom stereocenters. The second kappa shape index (κ2) is 10.2. The Kier molecular flexibility index (Phi) is 7.70. The Morgan fingerprint density at radius 2 is 2.00 bits per heavy atom. The summed E-state index contributed by atoms with van der Waals surface area (Å²) in [5, 5.41) is 57.2. The predicted molar refractivity (Wildman–Crippen MR) is 120 cm³/mol. The molecule has 3 rings (SSSR count). The van der Waals surface area contributed by atoms with E-state index in [2.05, 4.69) is 10.4 Å². The van der Waals surface area contributed by atoms with Crippen LogP contribution in [-0.2, 0) is 14.3 Å². The fraction of sp³-hybridized carbons (Fsp3) is 0.429. The van der Waals surface area contributed by atoms with Crippen molar-refractivity contribution >= 4 is 46.0 Å². The van der Waals surface area contributed by atoms with Crippen LogP contribution in [0.2, 0.25) is 10.0 Å². The number of aromatic nitrogens is 2. The number of nitrogens with zero attached hydrogens (tertiary/aromatic N) is 3. The van der Waals surface area contributed by atoms with Gasteiger partial charge in [-0.15, -0.1) is 0 Å². The zero-order valence-corrected chi connectivity index (χ0v) is 19.5. The molecule has 182 valence electrons. The molecule has 1 aliphatic rings. The van der Waals surface area contributed by atoms with Crippen LogP contribution in [0.1, 0.15) is 25.6 Å². The van der Waals surface area contributed by atoms with Crippen LogP contribution in [0.4, 0.5) is 0 Å². The highest BCUT2D eigenvalue weighted by molar-refractivity contribution is 6.38. The first-order chi connectivity index (χ1) is 16.0. The Balaban J connectivity index is 2.26. The number of carbonyl (C=O) groups is 2. The SMILES string of the molecule is CC(C)C(=O)N[C@H]1[C@H]([C@H](O)[C@H](O)CO)OC(C(=O)O)=C[C@@H]1n1nc2c(Cl)cc(Cl)cc2c1C#N. The molecule has 13 heteroatoms. The number of aliphatic hydroxyl groups is 3. The number of carboxylic acids is 1. The maximum absolute atomic E-state index is 12.6. The van der Waals surface area contributed by atoms with Gasteiger partial charge in [0.1, 0.15) is 35.6 Å². The monoisotopic (exact) mass is 512 g/mol. The first kappa shape index (κ1) is 25.7. The number of ether oxygens (including phenoxy) is 1. The van der Waals surface area contributed by atoms with E-state index < -0.39 is 60.6 Å². The number of aliphatic carboxylic acids is 1. The van der Waals surface area contributed by atoms with Crippen LogP contribution in [0.3, 0.4) is 0 Å². The van der Waals surface area contributed by atoms with E-state index in [0.717, 1.165) is 10.8 Å². The third-order valence-electron chi connectivity index (χ3n) is 5.38. The standard InChI is InChI=1S/C21H22Cl2N4O7/c1-8(2)20(31)25-17-12(5-15(21(32)33)34-19(17)18(30)14(29)7-28)27-13(6-24)10-3-9(22)4-11(23)16(10)26-27/h3-5,8,12,14,17-19,28-30H,7H2,1-2H3,(H,25,31)(H,32,33)/t12-,14+,17+,18+,19+/m0/s1. The number of carbonyl (C=O) groups excluding carboxylic acids is 1. The van der Waals surface area contributed by atoms with E-state index in [1.807, 2.05) is 6.07 Å². The topological polar surface area (TPSA) is 178 Å². The van der Waals surface area contributed by atoms with E-state index in [0.29, 0.717) is 0 Å². The number of halogens is 2. The summed E-state index contributed by atoms with van der Waals surface area (Å²) in [5.41, 5.74) is 0.174. The molecule has 0 saturated carbocycles. The maximum atomic E-state index is 12.6. The van der Waals surface area contributed by atoms with Gasteiger partial charge in [-0.25, -0.2) is 9.48 Å². The quantitative estimate of drug-likeness (QED) is 0.361. The van der Waals surface area contributed by atoms with Gasteiger partial charge in [-0.05, 0) is 18.2 Å². The maximum Gasteiger partial charge on any atom is 0.370 e. The Morgan fingerprint density at radius 3 is 2.56 bits per heavy atom. The number of fused-ring (bicyclic) bond motifs is 1. The number of hydrogen-bond donors (Lipinski definition) is 5. The second-order valence-electron chi connectivity index (χ2n) is 8.03. The number of amides is 1. The number of nitriles is 1. The minimum absolute atomic E-state index is 0.0352. The lowest BCUT2D eigenvalue weighted by atomic mass is 9.91. The van der Waals surface area contributed by atoms with Gasteiger partial charge in [0.15, 0.2) is 0 Å². The molecule has 2 aromatic rings. The zero-order chi connectivity index (χ0) is 25.3. The van der Waals surface area contributed by atoms with Gasteiger partial charge in [0.2, 0.25) is 11.7 Å². The summed E-state index contributed by atoms with van der Waals surface area (Å²) < 4.78 is 6.58. The first-order valence-corrected chi connectivity index (χ1v) is 10.9. The molecular weight excluding hydrogens is 491 g/mol. The van der Waals surface area contributed by atoms with E-state index in [4.69, 9.17) is 27.9 Å². The van der Waals surface area contributed by atoms with Crippen molar-refractivity contribution in [2.75, 3.05) is 6.61 Å². The van der Waals surface area contributed by atoms with Crippen molar-refractivity contribution in [3.05, 3.63) is 39.7 Å². The molecule has 1 aliphatic heterocycles. The molecule has 5 atom stereocenters. The molecule has 0 radical (unpaired) electrons. The van der Waals surface area contributed by atoms with Crippen LogP contribution >= 0.6 is 23.2 Å². The number of nitrogens with one attached hydrogen (secondary N) is 1. The van der Waals surface area contributed by atoms with Crippen LogP contribution in [0.5, 0.6) is 0 Å². The number of hydrogen-bond acceptors (Lipinski definition) is 8. The lowest BCUT2D eigenvalue weighted by Gasteiger charge is -2.40. The summed E-state index contributed by atoms with van der Waals surface area (Å²) in [4.78, 5) is 24.4. The van der Waals surface area contributed by atoms with Crippen LogP contribution in [0.15, 0.2) is 24.0 Å².